The van der Waals surface area contributed by atoms with Crippen LogP contribution in [0.2, 0.25) is 0 Å². The van der Waals surface area contributed by atoms with Gasteiger partial charge in [0.2, 0.25) is 0 Å². The van der Waals surface area contributed by atoms with Gasteiger partial charge in [0, 0.05) is 10.9 Å². The van der Waals surface area contributed by atoms with E-state index in [4.69, 9.17) is 9.47 Å². The molecule has 140 valence electrons. The molecule has 27 heavy (non-hydrogen) atoms. The molecule has 0 fully saturated rings. The number of aromatic nitrogens is 1. The zero-order chi connectivity index (χ0) is 19.4. The van der Waals surface area contributed by atoms with E-state index in [2.05, 4.69) is 4.98 Å². The monoisotopic (exact) mass is 391 g/mol. The van der Waals surface area contributed by atoms with Gasteiger partial charge in [0.25, 0.3) is 0 Å². The molecule has 0 bridgehead atoms. The molecule has 1 aromatic heterocycles. The third kappa shape index (κ3) is 4.49. The quantitative estimate of drug-likeness (QED) is 0.533. The number of hydrogen-bond donors (Lipinski definition) is 0. The number of rotatable bonds is 5. The summed E-state index contributed by atoms with van der Waals surface area (Å²) in [5, 5.41) is 2.57. The average Bonchev–Trinajstić information content (AvgIpc) is 3.14. The smallest absolute Gasteiger partial charge is 0.416 e. The van der Waals surface area contributed by atoms with E-state index in [1.165, 1.54) is 17.4 Å². The Labute approximate surface area is 158 Å². The lowest BCUT2D eigenvalue weighted by atomic mass is 10.1. The first-order valence-corrected chi connectivity index (χ1v) is 8.82. The Morgan fingerprint density at radius 1 is 0.963 bits per heavy atom. The number of benzene rings is 2. The molecule has 7 heteroatoms. The number of ether oxygens (including phenoxy) is 2. The number of nitrogens with zero attached hydrogens (tertiary/aromatic N) is 1. The first-order valence-electron chi connectivity index (χ1n) is 7.94. The fourth-order valence-electron chi connectivity index (χ4n) is 2.48. The van der Waals surface area contributed by atoms with E-state index in [1.54, 1.807) is 38.5 Å². The zero-order valence-electron chi connectivity index (χ0n) is 14.6. The average molecular weight is 391 g/mol. The van der Waals surface area contributed by atoms with Crippen molar-refractivity contribution in [2.75, 3.05) is 14.2 Å². The summed E-state index contributed by atoms with van der Waals surface area (Å²) in [4.78, 5) is 4.51. The van der Waals surface area contributed by atoms with Gasteiger partial charge in [-0.25, -0.2) is 4.98 Å². The summed E-state index contributed by atoms with van der Waals surface area (Å²) < 4.78 is 48.9. The van der Waals surface area contributed by atoms with E-state index < -0.39 is 11.7 Å². The number of thiazole rings is 1. The van der Waals surface area contributed by atoms with Crippen molar-refractivity contribution in [2.45, 2.75) is 6.18 Å². The maximum atomic E-state index is 12.8. The second-order valence-electron chi connectivity index (χ2n) is 5.60. The minimum Gasteiger partial charge on any atom is -0.493 e. The van der Waals surface area contributed by atoms with Gasteiger partial charge in [0.1, 0.15) is 5.01 Å². The highest BCUT2D eigenvalue weighted by molar-refractivity contribution is 7.10. The molecule has 0 aliphatic heterocycles. The van der Waals surface area contributed by atoms with E-state index in [9.17, 15) is 13.2 Å². The summed E-state index contributed by atoms with van der Waals surface area (Å²) in [6.07, 6.45) is -1.04. The minimum absolute atomic E-state index is 0.465. The molecular weight excluding hydrogens is 375 g/mol. The lowest BCUT2D eigenvalue weighted by molar-refractivity contribution is -0.137. The summed E-state index contributed by atoms with van der Waals surface area (Å²) in [7, 11) is 3.13. The molecule has 0 aliphatic rings. The largest absolute Gasteiger partial charge is 0.493 e. The molecule has 0 atom stereocenters. The van der Waals surface area contributed by atoms with Crippen LogP contribution in [0.15, 0.2) is 47.8 Å². The van der Waals surface area contributed by atoms with Gasteiger partial charge in [-0.3, -0.25) is 0 Å². The normalized spacial score (nSPS) is 11.7. The molecule has 3 nitrogen and oxygen atoms in total. The van der Waals surface area contributed by atoms with Crippen LogP contribution in [0.25, 0.3) is 23.4 Å². The lowest BCUT2D eigenvalue weighted by Crippen LogP contribution is -2.04. The van der Waals surface area contributed by atoms with Crippen molar-refractivity contribution in [3.63, 3.8) is 0 Å². The van der Waals surface area contributed by atoms with Crippen molar-refractivity contribution in [1.29, 1.82) is 0 Å². The number of halogens is 3. The first-order chi connectivity index (χ1) is 12.9. The maximum absolute atomic E-state index is 12.8. The number of alkyl halides is 3. The van der Waals surface area contributed by atoms with Crippen molar-refractivity contribution in [3.8, 4) is 22.8 Å². The van der Waals surface area contributed by atoms with Crippen molar-refractivity contribution < 1.29 is 22.6 Å². The van der Waals surface area contributed by atoms with Gasteiger partial charge in [0.05, 0.1) is 25.5 Å². The highest BCUT2D eigenvalue weighted by Gasteiger charge is 2.30. The molecule has 3 aromatic rings. The van der Waals surface area contributed by atoms with E-state index in [0.717, 1.165) is 23.4 Å². The maximum Gasteiger partial charge on any atom is 0.416 e. The highest BCUT2D eigenvalue weighted by Crippen LogP contribution is 2.33. The van der Waals surface area contributed by atoms with Crippen LogP contribution < -0.4 is 9.47 Å². The van der Waals surface area contributed by atoms with E-state index in [0.29, 0.717) is 22.1 Å². The molecule has 0 saturated heterocycles. The van der Waals surface area contributed by atoms with E-state index in [-0.39, 0.29) is 0 Å². The third-order valence-electron chi connectivity index (χ3n) is 3.83. The minimum atomic E-state index is -4.36. The standard InChI is InChI=1S/C20H16F3NO2S/c1-25-17-8-7-14(11-18(17)26-2)16-12-27-19(24-16)9-6-13-4-3-5-15(10-13)20(21,22)23/h3-12H,1-2H3/b9-6+. The zero-order valence-corrected chi connectivity index (χ0v) is 15.4. The van der Waals surface area contributed by atoms with Crippen molar-refractivity contribution in [1.82, 2.24) is 4.98 Å². The van der Waals surface area contributed by atoms with Crippen LogP contribution in [0.4, 0.5) is 13.2 Å². The fourth-order valence-corrected chi connectivity index (χ4v) is 3.20. The lowest BCUT2D eigenvalue weighted by Gasteiger charge is -2.08. The third-order valence-corrected chi connectivity index (χ3v) is 4.64. The Balaban J connectivity index is 1.82. The van der Waals surface area contributed by atoms with Crippen LogP contribution in [0.1, 0.15) is 16.1 Å². The molecule has 3 rings (SSSR count). The number of hydrogen-bond acceptors (Lipinski definition) is 4. The Morgan fingerprint density at radius 2 is 1.74 bits per heavy atom. The summed E-state index contributed by atoms with van der Waals surface area (Å²) in [5.74, 6) is 1.23. The van der Waals surface area contributed by atoms with Crippen molar-refractivity contribution in [3.05, 3.63) is 64.0 Å². The fraction of sp³-hybridized carbons (Fsp3) is 0.150. The topological polar surface area (TPSA) is 31.4 Å². The van der Waals surface area contributed by atoms with Gasteiger partial charge in [-0.2, -0.15) is 13.2 Å². The molecule has 0 radical (unpaired) electrons. The molecule has 0 N–H and O–H groups in total. The predicted octanol–water partition coefficient (Wildman–Crippen LogP) is 6.02. The van der Waals surface area contributed by atoms with Crippen molar-refractivity contribution in [2.24, 2.45) is 0 Å². The highest BCUT2D eigenvalue weighted by atomic mass is 32.1. The second-order valence-corrected chi connectivity index (χ2v) is 6.49. The van der Waals surface area contributed by atoms with Crippen molar-refractivity contribution >= 4 is 23.5 Å². The van der Waals surface area contributed by atoms with Gasteiger partial charge in [-0.15, -0.1) is 11.3 Å². The van der Waals surface area contributed by atoms with Crippen LogP contribution in [0.5, 0.6) is 11.5 Å². The van der Waals surface area contributed by atoms with E-state index in [1.807, 2.05) is 17.5 Å². The second kappa shape index (κ2) is 7.84. The molecule has 0 aliphatic carbocycles. The molecule has 0 unspecified atom stereocenters. The Hall–Kier alpha value is -2.80. The Kier molecular flexibility index (Phi) is 5.51. The van der Waals surface area contributed by atoms with Crippen LogP contribution in [0.3, 0.4) is 0 Å². The first kappa shape index (κ1) is 19.0. The van der Waals surface area contributed by atoms with Gasteiger partial charge in [-0.1, -0.05) is 18.2 Å². The van der Waals surface area contributed by atoms with Gasteiger partial charge < -0.3 is 9.47 Å². The summed E-state index contributed by atoms with van der Waals surface area (Å²) >= 11 is 1.40. The Morgan fingerprint density at radius 3 is 2.44 bits per heavy atom. The van der Waals surface area contributed by atoms with Gasteiger partial charge in [0.15, 0.2) is 11.5 Å². The SMILES string of the molecule is COc1ccc(-c2csc(/C=C/c3cccc(C(F)(F)F)c3)n2)cc1OC. The van der Waals surface area contributed by atoms with Crippen LogP contribution in [-0.4, -0.2) is 19.2 Å². The molecule has 0 saturated carbocycles. The molecular formula is C20H16F3NO2S. The predicted molar refractivity (Wildman–Crippen MR) is 101 cm³/mol. The molecule has 2 aromatic carbocycles. The molecule has 0 spiro atoms. The molecule has 1 heterocycles. The van der Waals surface area contributed by atoms with Crippen LogP contribution in [-0.2, 0) is 6.18 Å². The Bertz CT molecular complexity index is 964. The summed E-state index contributed by atoms with van der Waals surface area (Å²) in [6, 6.07) is 10.7. The van der Waals surface area contributed by atoms with Crippen LogP contribution >= 0.6 is 11.3 Å². The van der Waals surface area contributed by atoms with E-state index >= 15 is 0 Å². The molecule has 0 amide bonds. The van der Waals surface area contributed by atoms with Gasteiger partial charge >= 0.3 is 6.18 Å². The summed E-state index contributed by atoms with van der Waals surface area (Å²) in [6.45, 7) is 0. The summed E-state index contributed by atoms with van der Waals surface area (Å²) in [5.41, 5.74) is 1.41. The van der Waals surface area contributed by atoms with Crippen LogP contribution in [0, 0.1) is 0 Å². The number of methoxy groups -OCH3 is 2. The van der Waals surface area contributed by atoms with Gasteiger partial charge in [-0.05, 0) is 42.0 Å².